The summed E-state index contributed by atoms with van der Waals surface area (Å²) in [5, 5.41) is 0.434. The molecule has 138 valence electrons. The first kappa shape index (κ1) is 19.7. The van der Waals surface area contributed by atoms with Crippen molar-refractivity contribution < 1.29 is 22.7 Å². The molecule has 1 fully saturated rings. The topological polar surface area (TPSA) is 80.8 Å². The molecular formula is C17H22ClNO5S. The van der Waals surface area contributed by atoms with Crippen LogP contribution in [0, 0.1) is 5.92 Å². The summed E-state index contributed by atoms with van der Waals surface area (Å²) < 4.78 is 29.2. The van der Waals surface area contributed by atoms with Gasteiger partial charge in [-0.3, -0.25) is 9.59 Å². The molecule has 0 spiro atoms. The normalized spacial score (nSPS) is 18.0. The SMILES string of the molecule is C[C@H]1CCCN(C(=O)COC(=O)CCS(=O)(=O)c2ccc(Cl)cc2)C1. The number of esters is 1. The van der Waals surface area contributed by atoms with E-state index in [2.05, 4.69) is 6.92 Å². The molecule has 25 heavy (non-hydrogen) atoms. The van der Waals surface area contributed by atoms with Crippen molar-refractivity contribution in [3.8, 4) is 0 Å². The molecule has 0 unspecified atom stereocenters. The molecule has 1 aromatic carbocycles. The van der Waals surface area contributed by atoms with Crippen LogP contribution in [0.15, 0.2) is 29.2 Å². The number of benzene rings is 1. The first-order chi connectivity index (χ1) is 11.8. The third kappa shape index (κ3) is 6.01. The number of carbonyl (C=O) groups excluding carboxylic acids is 2. The Bertz CT molecular complexity index is 717. The quantitative estimate of drug-likeness (QED) is 0.699. The molecule has 8 heteroatoms. The minimum atomic E-state index is -3.59. The highest BCUT2D eigenvalue weighted by molar-refractivity contribution is 7.91. The van der Waals surface area contributed by atoms with Crippen molar-refractivity contribution >= 4 is 33.3 Å². The zero-order chi connectivity index (χ0) is 18.4. The number of halogens is 1. The maximum atomic E-state index is 12.1. The van der Waals surface area contributed by atoms with Crippen molar-refractivity contribution in [3.63, 3.8) is 0 Å². The molecule has 2 rings (SSSR count). The number of rotatable bonds is 6. The van der Waals surface area contributed by atoms with Crippen molar-refractivity contribution in [2.75, 3.05) is 25.4 Å². The van der Waals surface area contributed by atoms with Gasteiger partial charge in [-0.25, -0.2) is 8.42 Å². The van der Waals surface area contributed by atoms with Gasteiger partial charge in [0.25, 0.3) is 5.91 Å². The van der Waals surface area contributed by atoms with Crippen LogP contribution >= 0.6 is 11.6 Å². The average Bonchev–Trinajstić information content (AvgIpc) is 2.58. The Morgan fingerprint density at radius 1 is 1.28 bits per heavy atom. The zero-order valence-electron chi connectivity index (χ0n) is 14.1. The smallest absolute Gasteiger partial charge is 0.307 e. The van der Waals surface area contributed by atoms with Crippen molar-refractivity contribution in [1.82, 2.24) is 4.90 Å². The van der Waals surface area contributed by atoms with E-state index in [4.69, 9.17) is 16.3 Å². The molecule has 1 aliphatic heterocycles. The Morgan fingerprint density at radius 2 is 1.96 bits per heavy atom. The van der Waals surface area contributed by atoms with Gasteiger partial charge in [-0.1, -0.05) is 18.5 Å². The number of likely N-dealkylation sites (tertiary alicyclic amines) is 1. The van der Waals surface area contributed by atoms with Gasteiger partial charge < -0.3 is 9.64 Å². The Kier molecular flexibility index (Phi) is 6.84. The lowest BCUT2D eigenvalue weighted by molar-refractivity contribution is -0.152. The molecule has 0 bridgehead atoms. The summed E-state index contributed by atoms with van der Waals surface area (Å²) in [4.78, 5) is 25.6. The minimum absolute atomic E-state index is 0.100. The summed E-state index contributed by atoms with van der Waals surface area (Å²) >= 11 is 5.73. The van der Waals surface area contributed by atoms with Gasteiger partial charge >= 0.3 is 5.97 Å². The van der Waals surface area contributed by atoms with Gasteiger partial charge in [-0.2, -0.15) is 0 Å². The Hall–Kier alpha value is -1.60. The highest BCUT2D eigenvalue weighted by Crippen LogP contribution is 2.17. The van der Waals surface area contributed by atoms with Gasteiger partial charge in [-0.05, 0) is 43.0 Å². The maximum absolute atomic E-state index is 12.1. The number of ether oxygens (including phenoxy) is 1. The van der Waals surface area contributed by atoms with Gasteiger partial charge in [0.15, 0.2) is 16.4 Å². The third-order valence-corrected chi connectivity index (χ3v) is 6.10. The van der Waals surface area contributed by atoms with Crippen LogP contribution in [0.3, 0.4) is 0 Å². The van der Waals surface area contributed by atoms with E-state index in [0.717, 1.165) is 12.8 Å². The summed E-state index contributed by atoms with van der Waals surface area (Å²) in [6, 6.07) is 5.74. The lowest BCUT2D eigenvalue weighted by Crippen LogP contribution is -2.41. The first-order valence-electron chi connectivity index (χ1n) is 8.19. The third-order valence-electron chi connectivity index (χ3n) is 4.11. The largest absolute Gasteiger partial charge is 0.456 e. The fourth-order valence-corrected chi connectivity index (χ4v) is 4.05. The fourth-order valence-electron chi connectivity index (χ4n) is 2.70. The number of amides is 1. The minimum Gasteiger partial charge on any atom is -0.456 e. The van der Waals surface area contributed by atoms with E-state index >= 15 is 0 Å². The van der Waals surface area contributed by atoms with Crippen molar-refractivity contribution in [2.45, 2.75) is 31.1 Å². The van der Waals surface area contributed by atoms with Crippen molar-refractivity contribution in [3.05, 3.63) is 29.3 Å². The predicted octanol–water partition coefficient (Wildman–Crippen LogP) is 2.31. The predicted molar refractivity (Wildman–Crippen MR) is 94.1 cm³/mol. The molecule has 1 heterocycles. The van der Waals surface area contributed by atoms with Gasteiger partial charge in [0.05, 0.1) is 17.1 Å². The fraction of sp³-hybridized carbons (Fsp3) is 0.529. The molecule has 0 radical (unpaired) electrons. The molecule has 0 saturated carbocycles. The molecule has 1 atom stereocenters. The Balaban J connectivity index is 1.78. The standard InChI is InChI=1S/C17H22ClNO5S/c1-13-3-2-9-19(11-13)16(20)12-24-17(21)8-10-25(22,23)15-6-4-14(18)5-7-15/h4-7,13H,2-3,8-12H2,1H3/t13-/m0/s1. The summed E-state index contributed by atoms with van der Waals surface area (Å²) in [5.74, 6) is -0.864. The van der Waals surface area contributed by atoms with E-state index in [1.54, 1.807) is 4.90 Å². The lowest BCUT2D eigenvalue weighted by Gasteiger charge is -2.30. The Morgan fingerprint density at radius 3 is 2.60 bits per heavy atom. The number of hydrogen-bond acceptors (Lipinski definition) is 5. The average molecular weight is 388 g/mol. The van der Waals surface area contributed by atoms with E-state index in [1.165, 1.54) is 24.3 Å². The van der Waals surface area contributed by atoms with Crippen LogP contribution in [0.25, 0.3) is 0 Å². The second-order valence-corrected chi connectivity index (χ2v) is 8.82. The molecule has 0 aliphatic carbocycles. The molecule has 1 saturated heterocycles. The monoisotopic (exact) mass is 387 g/mol. The van der Waals surface area contributed by atoms with Crippen molar-refractivity contribution in [2.24, 2.45) is 5.92 Å². The molecule has 0 aromatic heterocycles. The van der Waals surface area contributed by atoms with Crippen LogP contribution in [-0.4, -0.2) is 50.6 Å². The van der Waals surface area contributed by atoms with Crippen LogP contribution in [0.5, 0.6) is 0 Å². The number of hydrogen-bond donors (Lipinski definition) is 0. The van der Waals surface area contributed by atoms with Gasteiger partial charge in [-0.15, -0.1) is 0 Å². The van der Waals surface area contributed by atoms with Gasteiger partial charge in [0.2, 0.25) is 0 Å². The Labute approximate surface area is 153 Å². The van der Waals surface area contributed by atoms with E-state index in [0.29, 0.717) is 24.0 Å². The summed E-state index contributed by atoms with van der Waals surface area (Å²) in [6.45, 7) is 3.08. The van der Waals surface area contributed by atoms with Crippen molar-refractivity contribution in [1.29, 1.82) is 0 Å². The lowest BCUT2D eigenvalue weighted by atomic mass is 10.0. The number of carbonyl (C=O) groups is 2. The number of piperidine rings is 1. The highest BCUT2D eigenvalue weighted by Gasteiger charge is 2.22. The second-order valence-electron chi connectivity index (χ2n) is 6.27. The van der Waals surface area contributed by atoms with E-state index in [9.17, 15) is 18.0 Å². The molecule has 0 N–H and O–H groups in total. The van der Waals surface area contributed by atoms with Crippen LogP contribution in [-0.2, 0) is 24.2 Å². The summed E-state index contributed by atoms with van der Waals surface area (Å²) in [7, 11) is -3.59. The van der Waals surface area contributed by atoms with E-state index < -0.39 is 15.8 Å². The van der Waals surface area contributed by atoms with E-state index in [-0.39, 0.29) is 29.6 Å². The van der Waals surface area contributed by atoms with Crippen LogP contribution in [0.2, 0.25) is 5.02 Å². The second kappa shape index (κ2) is 8.67. The molecule has 1 amide bonds. The molecule has 1 aliphatic rings. The van der Waals surface area contributed by atoms with Crippen LogP contribution in [0.1, 0.15) is 26.2 Å². The molecule has 6 nitrogen and oxygen atoms in total. The highest BCUT2D eigenvalue weighted by atomic mass is 35.5. The summed E-state index contributed by atoms with van der Waals surface area (Å²) in [5.41, 5.74) is 0. The number of sulfone groups is 1. The van der Waals surface area contributed by atoms with Crippen LogP contribution < -0.4 is 0 Å². The molecule has 1 aromatic rings. The number of nitrogens with zero attached hydrogens (tertiary/aromatic N) is 1. The van der Waals surface area contributed by atoms with E-state index in [1.807, 2.05) is 0 Å². The maximum Gasteiger partial charge on any atom is 0.307 e. The molecular weight excluding hydrogens is 366 g/mol. The first-order valence-corrected chi connectivity index (χ1v) is 10.2. The summed E-state index contributed by atoms with van der Waals surface area (Å²) in [6.07, 6.45) is 1.74. The zero-order valence-corrected chi connectivity index (χ0v) is 15.7. The van der Waals surface area contributed by atoms with Gasteiger partial charge in [0.1, 0.15) is 0 Å². The van der Waals surface area contributed by atoms with Gasteiger partial charge in [0, 0.05) is 18.1 Å². The van der Waals surface area contributed by atoms with Crippen LogP contribution in [0.4, 0.5) is 0 Å².